The Kier molecular flexibility index (Phi) is 18.6. The Balaban J connectivity index is 0.000000354. The van der Waals surface area contributed by atoms with Gasteiger partial charge >= 0.3 is 0 Å². The molecule has 2 atom stereocenters. The molecule has 0 aliphatic carbocycles. The summed E-state index contributed by atoms with van der Waals surface area (Å²) in [5, 5.41) is 8.67. The largest absolute Gasteiger partial charge is 0.396 e. The first-order chi connectivity index (χ1) is 13.9. The van der Waals surface area contributed by atoms with Gasteiger partial charge in [-0.05, 0) is 6.42 Å². The van der Waals surface area contributed by atoms with Crippen molar-refractivity contribution in [2.45, 2.75) is 122 Å². The van der Waals surface area contributed by atoms with Crippen molar-refractivity contribution in [3.05, 3.63) is 0 Å². The second kappa shape index (κ2) is 20.1. The van der Waals surface area contributed by atoms with E-state index in [9.17, 15) is 0 Å². The Labute approximate surface area is 174 Å². The highest BCUT2D eigenvalue weighted by Gasteiger charge is 2.26. The summed E-state index contributed by atoms with van der Waals surface area (Å²) in [5.41, 5.74) is 0. The van der Waals surface area contributed by atoms with E-state index in [2.05, 4.69) is 6.92 Å². The number of aliphatic hydroxyl groups excluding tert-OH is 1. The van der Waals surface area contributed by atoms with Gasteiger partial charge in [-0.15, -0.1) is 0 Å². The van der Waals surface area contributed by atoms with Gasteiger partial charge in [0.15, 0.2) is 0 Å². The Hall–Kier alpha value is -0.160. The van der Waals surface area contributed by atoms with Crippen LogP contribution in [0.4, 0.5) is 0 Å². The molecule has 2 unspecified atom stereocenters. The van der Waals surface area contributed by atoms with Crippen molar-refractivity contribution in [2.75, 3.05) is 33.0 Å². The molecule has 2 heterocycles. The first-order valence-corrected chi connectivity index (χ1v) is 12.3. The maximum Gasteiger partial charge on any atom is 0.104 e. The van der Waals surface area contributed by atoms with Crippen molar-refractivity contribution in [3.63, 3.8) is 0 Å². The Morgan fingerprint density at radius 3 is 1.21 bits per heavy atom. The number of epoxide rings is 2. The van der Waals surface area contributed by atoms with Crippen LogP contribution in [0.25, 0.3) is 0 Å². The van der Waals surface area contributed by atoms with E-state index in [-0.39, 0.29) is 0 Å². The molecule has 0 radical (unpaired) electrons. The smallest absolute Gasteiger partial charge is 0.104 e. The molecule has 0 aromatic carbocycles. The normalized spacial score (nSPS) is 19.9. The summed E-state index contributed by atoms with van der Waals surface area (Å²) in [6.45, 7) is 5.92. The van der Waals surface area contributed by atoms with Gasteiger partial charge < -0.3 is 19.3 Å². The molecule has 1 N–H and O–H groups in total. The highest BCUT2D eigenvalue weighted by molar-refractivity contribution is 4.71. The van der Waals surface area contributed by atoms with Gasteiger partial charge in [0.1, 0.15) is 12.2 Å². The van der Waals surface area contributed by atoms with Crippen LogP contribution in [-0.4, -0.2) is 50.3 Å². The summed E-state index contributed by atoms with van der Waals surface area (Å²) in [6.07, 6.45) is 23.0. The van der Waals surface area contributed by atoms with Gasteiger partial charge in [0.2, 0.25) is 0 Å². The molecule has 4 heteroatoms. The van der Waals surface area contributed by atoms with Crippen molar-refractivity contribution in [3.8, 4) is 0 Å². The molecule has 0 aromatic heterocycles. The van der Waals surface area contributed by atoms with Gasteiger partial charge in [0, 0.05) is 6.61 Å². The summed E-state index contributed by atoms with van der Waals surface area (Å²) < 4.78 is 15.1. The SMILES string of the molecule is C(OCC1CO1)C1CO1.CCCCCCCCCCCCCCCCCCO. The molecule has 28 heavy (non-hydrogen) atoms. The highest BCUT2D eigenvalue weighted by atomic mass is 16.6. The van der Waals surface area contributed by atoms with E-state index in [1.807, 2.05) is 0 Å². The lowest BCUT2D eigenvalue weighted by Crippen LogP contribution is -2.06. The standard InChI is InChI=1S/C18H38O.C6H10O3/c1-2-3-4-5-6-7-8-9-10-11-12-13-14-15-16-17-18-19;1(5-3-8-5)7-2-6-4-9-6/h19H,2-18H2,1H3;5-6H,1-4H2. The molecule has 2 aliphatic rings. The molecule has 168 valence electrons. The van der Waals surface area contributed by atoms with Crippen LogP contribution in [0, 0.1) is 0 Å². The van der Waals surface area contributed by atoms with Crippen LogP contribution in [0.5, 0.6) is 0 Å². The molecule has 0 aromatic rings. The maximum absolute atomic E-state index is 8.67. The fourth-order valence-corrected chi connectivity index (χ4v) is 3.32. The van der Waals surface area contributed by atoms with Crippen LogP contribution in [0.15, 0.2) is 0 Å². The summed E-state index contributed by atoms with van der Waals surface area (Å²) >= 11 is 0. The fraction of sp³-hybridized carbons (Fsp3) is 1.00. The second-order valence-electron chi connectivity index (χ2n) is 8.48. The van der Waals surface area contributed by atoms with E-state index in [0.29, 0.717) is 18.8 Å². The maximum atomic E-state index is 8.67. The van der Waals surface area contributed by atoms with Gasteiger partial charge in [-0.3, -0.25) is 0 Å². The zero-order valence-electron chi connectivity index (χ0n) is 18.7. The summed E-state index contributed by atoms with van der Waals surface area (Å²) in [7, 11) is 0. The van der Waals surface area contributed by atoms with Gasteiger partial charge in [0.05, 0.1) is 26.4 Å². The van der Waals surface area contributed by atoms with Crippen LogP contribution < -0.4 is 0 Å². The van der Waals surface area contributed by atoms with Crippen molar-refractivity contribution >= 4 is 0 Å². The molecule has 2 saturated heterocycles. The Bertz CT molecular complexity index is 275. The summed E-state index contributed by atoms with van der Waals surface area (Å²) in [4.78, 5) is 0. The molecular formula is C24H48O4. The number of ether oxygens (including phenoxy) is 3. The molecule has 2 aliphatic heterocycles. The van der Waals surface area contributed by atoms with E-state index in [4.69, 9.17) is 19.3 Å². The number of hydrogen-bond donors (Lipinski definition) is 1. The molecule has 0 spiro atoms. The molecule has 2 fully saturated rings. The van der Waals surface area contributed by atoms with Gasteiger partial charge in [-0.25, -0.2) is 0 Å². The van der Waals surface area contributed by atoms with Crippen molar-refractivity contribution < 1.29 is 19.3 Å². The van der Waals surface area contributed by atoms with E-state index < -0.39 is 0 Å². The van der Waals surface area contributed by atoms with Crippen LogP contribution in [0.1, 0.15) is 110 Å². The van der Waals surface area contributed by atoms with Crippen LogP contribution in [0.3, 0.4) is 0 Å². The molecule has 4 nitrogen and oxygen atoms in total. The zero-order chi connectivity index (χ0) is 20.1. The quantitative estimate of drug-likeness (QED) is 0.200. The molecule has 0 amide bonds. The molecular weight excluding hydrogens is 352 g/mol. The first kappa shape index (κ1) is 25.9. The van der Waals surface area contributed by atoms with Gasteiger partial charge in [-0.1, -0.05) is 103 Å². The predicted molar refractivity (Wildman–Crippen MR) is 117 cm³/mol. The van der Waals surface area contributed by atoms with Crippen LogP contribution in [0.2, 0.25) is 0 Å². The van der Waals surface area contributed by atoms with Gasteiger partial charge in [-0.2, -0.15) is 0 Å². The second-order valence-corrected chi connectivity index (χ2v) is 8.48. The molecule has 0 saturated carbocycles. The molecule has 0 bridgehead atoms. The van der Waals surface area contributed by atoms with Crippen LogP contribution in [-0.2, 0) is 14.2 Å². The minimum Gasteiger partial charge on any atom is -0.396 e. The summed E-state index contributed by atoms with van der Waals surface area (Å²) in [6, 6.07) is 0. The average molecular weight is 401 g/mol. The van der Waals surface area contributed by atoms with E-state index >= 15 is 0 Å². The lowest BCUT2D eigenvalue weighted by atomic mass is 10.0. The number of hydrogen-bond acceptors (Lipinski definition) is 4. The summed E-state index contributed by atoms with van der Waals surface area (Å²) in [5.74, 6) is 0. The predicted octanol–water partition coefficient (Wildman–Crippen LogP) is 6.04. The lowest BCUT2D eigenvalue weighted by Gasteiger charge is -2.03. The van der Waals surface area contributed by atoms with E-state index in [1.54, 1.807) is 0 Å². The zero-order valence-corrected chi connectivity index (χ0v) is 18.7. The minimum atomic E-state index is 0.373. The van der Waals surface area contributed by atoms with E-state index in [1.165, 1.54) is 96.3 Å². The molecule has 2 rings (SSSR count). The van der Waals surface area contributed by atoms with Crippen molar-refractivity contribution in [1.82, 2.24) is 0 Å². The number of rotatable bonds is 20. The van der Waals surface area contributed by atoms with Crippen LogP contribution >= 0.6 is 0 Å². The third-order valence-electron chi connectivity index (χ3n) is 5.42. The highest BCUT2D eigenvalue weighted by Crippen LogP contribution is 2.14. The Morgan fingerprint density at radius 1 is 0.607 bits per heavy atom. The topological polar surface area (TPSA) is 54.5 Å². The van der Waals surface area contributed by atoms with Crippen molar-refractivity contribution in [1.29, 1.82) is 0 Å². The fourth-order valence-electron chi connectivity index (χ4n) is 3.32. The number of aliphatic hydroxyl groups is 1. The number of unbranched alkanes of at least 4 members (excludes halogenated alkanes) is 15. The third kappa shape index (κ3) is 20.6. The van der Waals surface area contributed by atoms with Crippen molar-refractivity contribution in [2.24, 2.45) is 0 Å². The first-order valence-electron chi connectivity index (χ1n) is 12.3. The van der Waals surface area contributed by atoms with Gasteiger partial charge in [0.25, 0.3) is 0 Å². The third-order valence-corrected chi connectivity index (χ3v) is 5.42. The minimum absolute atomic E-state index is 0.373. The lowest BCUT2D eigenvalue weighted by molar-refractivity contribution is 0.102. The monoisotopic (exact) mass is 400 g/mol. The Morgan fingerprint density at radius 2 is 0.929 bits per heavy atom. The average Bonchev–Trinajstić information content (AvgIpc) is 3.61. The van der Waals surface area contributed by atoms with E-state index in [0.717, 1.165) is 32.8 Å².